The summed E-state index contributed by atoms with van der Waals surface area (Å²) < 4.78 is 0. The fourth-order valence-electron chi connectivity index (χ4n) is 0.800. The van der Waals surface area contributed by atoms with Crippen molar-refractivity contribution in [3.63, 3.8) is 0 Å². The summed E-state index contributed by atoms with van der Waals surface area (Å²) in [5.74, 6) is 0.198. The van der Waals surface area contributed by atoms with Crippen molar-refractivity contribution in [1.82, 2.24) is 0 Å². The van der Waals surface area contributed by atoms with Crippen LogP contribution in [0.1, 0.15) is 13.8 Å². The second-order valence-corrected chi connectivity index (χ2v) is 3.37. The maximum absolute atomic E-state index is 10.9. The van der Waals surface area contributed by atoms with Gasteiger partial charge >= 0.3 is 0 Å². The summed E-state index contributed by atoms with van der Waals surface area (Å²) >= 11 is 5.86. The van der Waals surface area contributed by atoms with E-state index in [1.165, 1.54) is 0 Å². The molecule has 0 heterocycles. The molecule has 9 heavy (non-hydrogen) atoms. The van der Waals surface area contributed by atoms with E-state index in [0.717, 1.165) is 0 Å². The average molecular weight is 145 g/mol. The molecule has 0 amide bonds. The number of carbonyl (C=O) groups is 1. The van der Waals surface area contributed by atoms with Crippen molar-refractivity contribution in [2.45, 2.75) is 18.7 Å². The third-order valence-electron chi connectivity index (χ3n) is 1.87. The highest BCUT2D eigenvalue weighted by Crippen LogP contribution is 2.32. The maximum atomic E-state index is 10.9. The smallest absolute Gasteiger partial charge is 0.176 e. The Labute approximate surface area is 59.7 Å². The molecular formula is C7H9ClO. The van der Waals surface area contributed by atoms with Gasteiger partial charge in [0.15, 0.2) is 5.78 Å². The second kappa shape index (κ2) is 1.84. The van der Waals surface area contributed by atoms with E-state index in [-0.39, 0.29) is 11.7 Å². The molecule has 0 aromatic heterocycles. The van der Waals surface area contributed by atoms with Crippen molar-refractivity contribution in [2.75, 3.05) is 0 Å². The summed E-state index contributed by atoms with van der Waals surface area (Å²) in [6, 6.07) is 0. The Hall–Kier alpha value is -0.300. The standard InChI is InChI=1S/C7H9ClO/c1-5-3-4-6(9)7(5,2)8/h3-5H,1-2H3/t5-,7-/m1/s1. The topological polar surface area (TPSA) is 17.1 Å². The lowest BCUT2D eigenvalue weighted by Gasteiger charge is -2.17. The minimum absolute atomic E-state index is 0.0247. The molecule has 0 fully saturated rings. The van der Waals surface area contributed by atoms with Gasteiger partial charge in [-0.2, -0.15) is 0 Å². The first kappa shape index (κ1) is 6.81. The molecule has 1 rings (SSSR count). The number of ketones is 1. The lowest BCUT2D eigenvalue weighted by molar-refractivity contribution is -0.116. The van der Waals surface area contributed by atoms with Gasteiger partial charge in [0.05, 0.1) is 0 Å². The molecule has 1 nitrogen and oxygen atoms in total. The largest absolute Gasteiger partial charge is 0.293 e. The van der Waals surface area contributed by atoms with Crippen LogP contribution in [0.15, 0.2) is 12.2 Å². The normalized spacial score (nSPS) is 42.1. The molecule has 0 bridgehead atoms. The van der Waals surface area contributed by atoms with E-state index in [1.54, 1.807) is 13.0 Å². The number of alkyl halides is 1. The molecule has 50 valence electrons. The van der Waals surface area contributed by atoms with Gasteiger partial charge in [-0.3, -0.25) is 4.79 Å². The van der Waals surface area contributed by atoms with Crippen LogP contribution in [0, 0.1) is 5.92 Å². The molecule has 0 spiro atoms. The van der Waals surface area contributed by atoms with Crippen molar-refractivity contribution in [3.8, 4) is 0 Å². The minimum atomic E-state index is -0.667. The first-order chi connectivity index (χ1) is 4.05. The van der Waals surface area contributed by atoms with Gasteiger partial charge in [0.25, 0.3) is 0 Å². The van der Waals surface area contributed by atoms with Crippen molar-refractivity contribution < 1.29 is 4.79 Å². The first-order valence-electron chi connectivity index (χ1n) is 2.96. The van der Waals surface area contributed by atoms with Crippen molar-refractivity contribution >= 4 is 17.4 Å². The lowest BCUT2D eigenvalue weighted by Crippen LogP contribution is -2.28. The molecule has 0 radical (unpaired) electrons. The summed E-state index contributed by atoms with van der Waals surface area (Å²) in [6.45, 7) is 3.69. The summed E-state index contributed by atoms with van der Waals surface area (Å²) in [6.07, 6.45) is 3.40. The van der Waals surface area contributed by atoms with Gasteiger partial charge in [-0.25, -0.2) is 0 Å². The highest BCUT2D eigenvalue weighted by Gasteiger charge is 2.37. The number of halogens is 1. The maximum Gasteiger partial charge on any atom is 0.176 e. The summed E-state index contributed by atoms with van der Waals surface area (Å²) in [4.78, 5) is 10.2. The van der Waals surface area contributed by atoms with Gasteiger partial charge in [0.1, 0.15) is 4.87 Å². The van der Waals surface area contributed by atoms with Crippen LogP contribution in [0.25, 0.3) is 0 Å². The Morgan fingerprint density at radius 2 is 2.33 bits per heavy atom. The molecule has 0 unspecified atom stereocenters. The molecule has 0 aromatic rings. The third kappa shape index (κ3) is 0.897. The predicted octanol–water partition coefficient (Wildman–Crippen LogP) is 1.76. The van der Waals surface area contributed by atoms with Crippen LogP contribution in [0.5, 0.6) is 0 Å². The Kier molecular flexibility index (Phi) is 1.39. The SMILES string of the molecule is C[C@@H]1C=CC(=O)[C@]1(C)Cl. The van der Waals surface area contributed by atoms with Crippen LogP contribution in [-0.4, -0.2) is 10.7 Å². The molecule has 1 aliphatic rings. The van der Waals surface area contributed by atoms with Crippen LogP contribution in [0.3, 0.4) is 0 Å². The van der Waals surface area contributed by atoms with E-state index in [4.69, 9.17) is 11.6 Å². The monoisotopic (exact) mass is 144 g/mol. The molecule has 0 saturated carbocycles. The second-order valence-electron chi connectivity index (χ2n) is 2.59. The van der Waals surface area contributed by atoms with Crippen molar-refractivity contribution in [1.29, 1.82) is 0 Å². The fraction of sp³-hybridized carbons (Fsp3) is 0.571. The van der Waals surface area contributed by atoms with Crippen molar-refractivity contribution in [3.05, 3.63) is 12.2 Å². The molecule has 0 aliphatic heterocycles. The van der Waals surface area contributed by atoms with E-state index in [9.17, 15) is 4.79 Å². The zero-order chi connectivity index (χ0) is 7.07. The highest BCUT2D eigenvalue weighted by molar-refractivity contribution is 6.38. The van der Waals surface area contributed by atoms with Crippen molar-refractivity contribution in [2.24, 2.45) is 5.92 Å². The van der Waals surface area contributed by atoms with Gasteiger partial charge in [0.2, 0.25) is 0 Å². The van der Waals surface area contributed by atoms with E-state index >= 15 is 0 Å². The van der Waals surface area contributed by atoms with Gasteiger partial charge < -0.3 is 0 Å². The van der Waals surface area contributed by atoms with Crippen LogP contribution in [0.2, 0.25) is 0 Å². The lowest BCUT2D eigenvalue weighted by atomic mass is 9.98. The first-order valence-corrected chi connectivity index (χ1v) is 3.34. The minimum Gasteiger partial charge on any atom is -0.293 e. The summed E-state index contributed by atoms with van der Waals surface area (Å²) in [5.41, 5.74) is 0. The van der Waals surface area contributed by atoms with Crippen LogP contribution >= 0.6 is 11.6 Å². The predicted molar refractivity (Wildman–Crippen MR) is 37.6 cm³/mol. The number of hydrogen-bond donors (Lipinski definition) is 0. The summed E-state index contributed by atoms with van der Waals surface area (Å²) in [7, 11) is 0. The van der Waals surface area contributed by atoms with E-state index in [0.29, 0.717) is 0 Å². The molecule has 0 aromatic carbocycles. The highest BCUT2D eigenvalue weighted by atomic mass is 35.5. The summed E-state index contributed by atoms with van der Waals surface area (Å²) in [5, 5.41) is 0. The Morgan fingerprint density at radius 3 is 2.44 bits per heavy atom. The molecule has 0 N–H and O–H groups in total. The zero-order valence-electron chi connectivity index (χ0n) is 5.52. The Balaban J connectivity index is 2.88. The Morgan fingerprint density at radius 1 is 1.78 bits per heavy atom. The average Bonchev–Trinajstić information content (AvgIpc) is 1.96. The van der Waals surface area contributed by atoms with E-state index in [1.807, 2.05) is 13.0 Å². The van der Waals surface area contributed by atoms with Crippen LogP contribution in [-0.2, 0) is 4.79 Å². The molecule has 2 atom stereocenters. The van der Waals surface area contributed by atoms with Gasteiger partial charge in [0, 0.05) is 5.92 Å². The number of hydrogen-bond acceptors (Lipinski definition) is 1. The van der Waals surface area contributed by atoms with Gasteiger partial charge in [-0.1, -0.05) is 13.0 Å². The third-order valence-corrected chi connectivity index (χ3v) is 2.40. The van der Waals surface area contributed by atoms with Crippen LogP contribution < -0.4 is 0 Å². The molecule has 2 heteroatoms. The van der Waals surface area contributed by atoms with Crippen LogP contribution in [0.4, 0.5) is 0 Å². The zero-order valence-corrected chi connectivity index (χ0v) is 6.27. The number of carbonyl (C=O) groups excluding carboxylic acids is 1. The fourth-order valence-corrected chi connectivity index (χ4v) is 0.936. The number of rotatable bonds is 0. The molecule has 0 saturated heterocycles. The quantitative estimate of drug-likeness (QED) is 0.474. The van der Waals surface area contributed by atoms with E-state index in [2.05, 4.69) is 0 Å². The van der Waals surface area contributed by atoms with E-state index < -0.39 is 4.87 Å². The van der Waals surface area contributed by atoms with Gasteiger partial charge in [-0.05, 0) is 13.0 Å². The van der Waals surface area contributed by atoms with Gasteiger partial charge in [-0.15, -0.1) is 11.6 Å². The molecular weight excluding hydrogens is 136 g/mol. The molecule has 1 aliphatic carbocycles. The number of allylic oxidation sites excluding steroid dienone is 2. The Bertz CT molecular complexity index is 170.